The minimum Gasteiger partial charge on any atom is -0.490 e. The first-order valence-corrected chi connectivity index (χ1v) is 10.6. The molecule has 1 aromatic carbocycles. The Labute approximate surface area is 172 Å². The SMILES string of the molecule is CC(C)(C)N1CCC(Oc2ccc(-n3cc(C(=O)N4CCCC4)nn3)cc2)CC1. The average Bonchev–Trinajstić information content (AvgIpc) is 3.40. The number of amides is 1. The molecule has 1 aromatic heterocycles. The summed E-state index contributed by atoms with van der Waals surface area (Å²) in [5.74, 6) is 0.840. The van der Waals surface area contributed by atoms with Gasteiger partial charge in [-0.1, -0.05) is 5.21 Å². The number of likely N-dealkylation sites (tertiary alicyclic amines) is 2. The number of benzene rings is 1. The molecule has 0 radical (unpaired) electrons. The summed E-state index contributed by atoms with van der Waals surface area (Å²) in [6, 6.07) is 7.85. The molecule has 0 spiro atoms. The molecule has 2 aliphatic rings. The summed E-state index contributed by atoms with van der Waals surface area (Å²) in [6.07, 6.45) is 6.19. The number of piperidine rings is 1. The minimum atomic E-state index is -0.0321. The lowest BCUT2D eigenvalue weighted by Gasteiger charge is -2.40. The third-order valence-electron chi connectivity index (χ3n) is 5.90. The average molecular weight is 398 g/mol. The molecule has 7 nitrogen and oxygen atoms in total. The molecule has 0 atom stereocenters. The molecule has 0 unspecified atom stereocenters. The lowest BCUT2D eigenvalue weighted by Crippen LogP contribution is -2.48. The van der Waals surface area contributed by atoms with E-state index < -0.39 is 0 Å². The fraction of sp³-hybridized carbons (Fsp3) is 0.591. The van der Waals surface area contributed by atoms with Gasteiger partial charge >= 0.3 is 0 Å². The third kappa shape index (κ3) is 4.61. The normalized spacial score (nSPS) is 18.9. The molecule has 1 amide bonds. The van der Waals surface area contributed by atoms with Gasteiger partial charge in [-0.2, -0.15) is 0 Å². The van der Waals surface area contributed by atoms with Crippen LogP contribution in [0, 0.1) is 0 Å². The van der Waals surface area contributed by atoms with Crippen LogP contribution in [0.25, 0.3) is 5.69 Å². The Hall–Kier alpha value is -2.41. The number of carbonyl (C=O) groups excluding carboxylic acids is 1. The molecule has 2 saturated heterocycles. The standard InChI is InChI=1S/C22H31N5O2/c1-22(2,3)26-14-10-19(11-15-26)29-18-8-6-17(7-9-18)27-16-20(23-24-27)21(28)25-12-4-5-13-25/h6-9,16,19H,4-5,10-15H2,1-3H3. The Kier molecular flexibility index (Phi) is 5.58. The van der Waals surface area contributed by atoms with Crippen molar-refractivity contribution in [3.8, 4) is 11.4 Å². The van der Waals surface area contributed by atoms with Gasteiger partial charge in [0.2, 0.25) is 0 Å². The Morgan fingerprint density at radius 2 is 1.69 bits per heavy atom. The maximum atomic E-state index is 12.4. The summed E-state index contributed by atoms with van der Waals surface area (Å²) >= 11 is 0. The second-order valence-corrected chi connectivity index (χ2v) is 9.02. The summed E-state index contributed by atoms with van der Waals surface area (Å²) in [6.45, 7) is 10.6. The smallest absolute Gasteiger partial charge is 0.276 e. The van der Waals surface area contributed by atoms with Crippen LogP contribution < -0.4 is 4.74 Å². The highest BCUT2D eigenvalue weighted by Gasteiger charge is 2.27. The van der Waals surface area contributed by atoms with Gasteiger partial charge in [-0.25, -0.2) is 4.68 Å². The van der Waals surface area contributed by atoms with E-state index in [1.54, 1.807) is 10.9 Å². The highest BCUT2D eigenvalue weighted by molar-refractivity contribution is 5.92. The van der Waals surface area contributed by atoms with Crippen LogP contribution in [0.2, 0.25) is 0 Å². The molecule has 0 N–H and O–H groups in total. The Morgan fingerprint density at radius 1 is 1.03 bits per heavy atom. The highest BCUT2D eigenvalue weighted by atomic mass is 16.5. The molecule has 2 aliphatic heterocycles. The molecule has 3 heterocycles. The molecule has 29 heavy (non-hydrogen) atoms. The number of hydrogen-bond acceptors (Lipinski definition) is 5. The van der Waals surface area contributed by atoms with Gasteiger partial charge in [0, 0.05) is 31.7 Å². The van der Waals surface area contributed by atoms with E-state index >= 15 is 0 Å². The molecule has 156 valence electrons. The molecule has 0 aliphatic carbocycles. The highest BCUT2D eigenvalue weighted by Crippen LogP contribution is 2.24. The first kappa shape index (κ1) is 19.9. The van der Waals surface area contributed by atoms with Crippen molar-refractivity contribution in [1.29, 1.82) is 0 Å². The van der Waals surface area contributed by atoms with E-state index in [9.17, 15) is 4.79 Å². The Balaban J connectivity index is 1.34. The van der Waals surface area contributed by atoms with Crippen LogP contribution in [-0.2, 0) is 0 Å². The molecule has 0 saturated carbocycles. The zero-order valence-electron chi connectivity index (χ0n) is 17.7. The van der Waals surface area contributed by atoms with E-state index in [1.165, 1.54) is 0 Å². The van der Waals surface area contributed by atoms with Crippen molar-refractivity contribution >= 4 is 5.91 Å². The van der Waals surface area contributed by atoms with Gasteiger partial charge in [0.25, 0.3) is 5.91 Å². The van der Waals surface area contributed by atoms with Crippen LogP contribution >= 0.6 is 0 Å². The number of carbonyl (C=O) groups is 1. The number of nitrogens with zero attached hydrogens (tertiary/aromatic N) is 5. The second kappa shape index (κ2) is 8.14. The lowest BCUT2D eigenvalue weighted by atomic mass is 9.99. The predicted molar refractivity (Wildman–Crippen MR) is 111 cm³/mol. The number of rotatable bonds is 4. The van der Waals surface area contributed by atoms with Crippen molar-refractivity contribution in [2.45, 2.75) is 58.1 Å². The predicted octanol–water partition coefficient (Wildman–Crippen LogP) is 3.15. The summed E-state index contributed by atoms with van der Waals surface area (Å²) < 4.78 is 7.83. The molecule has 4 rings (SSSR count). The van der Waals surface area contributed by atoms with E-state index in [-0.39, 0.29) is 17.6 Å². The van der Waals surface area contributed by atoms with Gasteiger partial charge in [0.05, 0.1) is 11.9 Å². The van der Waals surface area contributed by atoms with Gasteiger partial charge < -0.3 is 9.64 Å². The third-order valence-corrected chi connectivity index (χ3v) is 5.90. The van der Waals surface area contributed by atoms with Crippen LogP contribution in [0.4, 0.5) is 0 Å². The van der Waals surface area contributed by atoms with E-state index in [0.717, 1.165) is 63.3 Å². The van der Waals surface area contributed by atoms with Crippen molar-refractivity contribution < 1.29 is 9.53 Å². The molecule has 7 heteroatoms. The number of aromatic nitrogens is 3. The zero-order chi connectivity index (χ0) is 20.4. The van der Waals surface area contributed by atoms with Crippen molar-refractivity contribution in [3.63, 3.8) is 0 Å². The van der Waals surface area contributed by atoms with Crippen LogP contribution in [0.5, 0.6) is 5.75 Å². The van der Waals surface area contributed by atoms with E-state index in [2.05, 4.69) is 36.0 Å². The monoisotopic (exact) mass is 397 g/mol. The second-order valence-electron chi connectivity index (χ2n) is 9.02. The van der Waals surface area contributed by atoms with E-state index in [4.69, 9.17) is 4.74 Å². The van der Waals surface area contributed by atoms with Gasteiger partial charge in [0.1, 0.15) is 11.9 Å². The van der Waals surface area contributed by atoms with Crippen molar-refractivity contribution in [2.24, 2.45) is 0 Å². The van der Waals surface area contributed by atoms with Gasteiger partial charge in [-0.3, -0.25) is 9.69 Å². The van der Waals surface area contributed by atoms with Crippen LogP contribution in [0.3, 0.4) is 0 Å². The number of hydrogen-bond donors (Lipinski definition) is 0. The molecule has 0 bridgehead atoms. The van der Waals surface area contributed by atoms with Crippen LogP contribution in [0.15, 0.2) is 30.5 Å². The van der Waals surface area contributed by atoms with E-state index in [1.807, 2.05) is 29.2 Å². The van der Waals surface area contributed by atoms with E-state index in [0.29, 0.717) is 5.69 Å². The first-order valence-electron chi connectivity index (χ1n) is 10.6. The van der Waals surface area contributed by atoms with Crippen molar-refractivity contribution in [2.75, 3.05) is 26.2 Å². The summed E-state index contributed by atoms with van der Waals surface area (Å²) in [7, 11) is 0. The number of ether oxygens (including phenoxy) is 1. The van der Waals surface area contributed by atoms with Crippen LogP contribution in [-0.4, -0.2) is 68.5 Å². The fourth-order valence-corrected chi connectivity index (χ4v) is 4.08. The molecular formula is C22H31N5O2. The Bertz CT molecular complexity index is 826. The summed E-state index contributed by atoms with van der Waals surface area (Å²) in [5.41, 5.74) is 1.49. The first-order chi connectivity index (χ1) is 13.9. The van der Waals surface area contributed by atoms with Gasteiger partial charge in [0.15, 0.2) is 5.69 Å². The zero-order valence-corrected chi connectivity index (χ0v) is 17.7. The topological polar surface area (TPSA) is 63.5 Å². The summed E-state index contributed by atoms with van der Waals surface area (Å²) in [5, 5.41) is 8.19. The maximum Gasteiger partial charge on any atom is 0.276 e. The van der Waals surface area contributed by atoms with Crippen molar-refractivity contribution in [3.05, 3.63) is 36.2 Å². The summed E-state index contributed by atoms with van der Waals surface area (Å²) in [4.78, 5) is 16.8. The lowest BCUT2D eigenvalue weighted by molar-refractivity contribution is 0.0491. The maximum absolute atomic E-state index is 12.4. The Morgan fingerprint density at radius 3 is 2.31 bits per heavy atom. The fourth-order valence-electron chi connectivity index (χ4n) is 4.08. The minimum absolute atomic E-state index is 0.0321. The molecular weight excluding hydrogens is 366 g/mol. The quantitative estimate of drug-likeness (QED) is 0.793. The van der Waals surface area contributed by atoms with Gasteiger partial charge in [-0.15, -0.1) is 5.10 Å². The van der Waals surface area contributed by atoms with Crippen LogP contribution in [0.1, 0.15) is 56.9 Å². The largest absolute Gasteiger partial charge is 0.490 e. The van der Waals surface area contributed by atoms with Gasteiger partial charge in [-0.05, 0) is 70.7 Å². The molecule has 2 fully saturated rings. The van der Waals surface area contributed by atoms with Crippen molar-refractivity contribution in [1.82, 2.24) is 24.8 Å². The molecule has 2 aromatic rings.